The lowest BCUT2D eigenvalue weighted by atomic mass is 10.1. The van der Waals surface area contributed by atoms with Crippen LogP contribution in [0.1, 0.15) is 5.56 Å². The molecule has 0 N–H and O–H groups in total. The van der Waals surface area contributed by atoms with Gasteiger partial charge in [-0.3, -0.25) is 4.90 Å². The normalized spacial score (nSPS) is 23.3. The third-order valence-electron chi connectivity index (χ3n) is 3.52. The van der Waals surface area contributed by atoms with Gasteiger partial charge in [-0.2, -0.15) is 0 Å². The zero-order valence-electron chi connectivity index (χ0n) is 11.1. The minimum Gasteiger partial charge on any atom is -0.454 e. The Morgan fingerprint density at radius 1 is 1.37 bits per heavy atom. The number of rotatable bonds is 3. The molecule has 19 heavy (non-hydrogen) atoms. The van der Waals surface area contributed by atoms with Crippen molar-refractivity contribution in [1.82, 2.24) is 4.90 Å². The standard InChI is InChI=1S/C14H19NO4/c1-16-12-8-15(5-6-17-9-12)7-11-3-2-4-13-14(11)19-10-18-13/h2-4,12H,5-10H2,1H3/t12-/m1/s1. The highest BCUT2D eigenvalue weighted by Crippen LogP contribution is 2.35. The van der Waals surface area contributed by atoms with Crippen molar-refractivity contribution in [3.05, 3.63) is 23.8 Å². The van der Waals surface area contributed by atoms with Crippen LogP contribution in [-0.4, -0.2) is 51.2 Å². The maximum Gasteiger partial charge on any atom is 0.231 e. The molecule has 2 heterocycles. The summed E-state index contributed by atoms with van der Waals surface area (Å²) in [6, 6.07) is 6.03. The SMILES string of the molecule is CO[C@H]1COCCN(Cc2cccc3c2OCO3)C1. The van der Waals surface area contributed by atoms with Gasteiger partial charge in [0.25, 0.3) is 0 Å². The van der Waals surface area contributed by atoms with Gasteiger partial charge in [0.15, 0.2) is 11.5 Å². The first-order chi connectivity index (χ1) is 9.36. The summed E-state index contributed by atoms with van der Waals surface area (Å²) in [4.78, 5) is 2.33. The maximum atomic E-state index is 5.54. The van der Waals surface area contributed by atoms with E-state index in [9.17, 15) is 0 Å². The summed E-state index contributed by atoms with van der Waals surface area (Å²) in [5, 5.41) is 0. The highest BCUT2D eigenvalue weighted by Gasteiger charge is 2.22. The number of nitrogens with zero attached hydrogens (tertiary/aromatic N) is 1. The second kappa shape index (κ2) is 5.77. The molecule has 0 bridgehead atoms. The first-order valence-corrected chi connectivity index (χ1v) is 6.57. The Kier molecular flexibility index (Phi) is 3.87. The van der Waals surface area contributed by atoms with Crippen LogP contribution in [0.5, 0.6) is 11.5 Å². The Hall–Kier alpha value is -1.30. The Balaban J connectivity index is 1.72. The molecule has 104 valence electrons. The summed E-state index contributed by atoms with van der Waals surface area (Å²) < 4.78 is 21.9. The molecule has 1 aromatic carbocycles. The van der Waals surface area contributed by atoms with Gasteiger partial charge in [0.2, 0.25) is 6.79 Å². The Morgan fingerprint density at radius 3 is 3.21 bits per heavy atom. The zero-order chi connectivity index (χ0) is 13.1. The summed E-state index contributed by atoms with van der Waals surface area (Å²) >= 11 is 0. The second-order valence-corrected chi connectivity index (χ2v) is 4.82. The molecule has 5 heteroatoms. The topological polar surface area (TPSA) is 40.2 Å². The molecule has 1 aromatic rings. The lowest BCUT2D eigenvalue weighted by molar-refractivity contribution is 0.0225. The molecule has 5 nitrogen and oxygen atoms in total. The van der Waals surface area contributed by atoms with E-state index in [-0.39, 0.29) is 6.10 Å². The maximum absolute atomic E-state index is 5.54. The van der Waals surface area contributed by atoms with Crippen LogP contribution in [0.4, 0.5) is 0 Å². The summed E-state index contributed by atoms with van der Waals surface area (Å²) in [7, 11) is 1.73. The molecular formula is C14H19NO4. The Morgan fingerprint density at radius 2 is 2.32 bits per heavy atom. The molecule has 2 aliphatic rings. The average molecular weight is 265 g/mol. The Labute approximate surface area is 113 Å². The molecule has 0 saturated carbocycles. The van der Waals surface area contributed by atoms with Gasteiger partial charge in [0, 0.05) is 32.3 Å². The van der Waals surface area contributed by atoms with Crippen molar-refractivity contribution in [2.75, 3.05) is 40.2 Å². The molecule has 0 spiro atoms. The van der Waals surface area contributed by atoms with E-state index in [1.165, 1.54) is 0 Å². The van der Waals surface area contributed by atoms with E-state index in [2.05, 4.69) is 11.0 Å². The number of ether oxygens (including phenoxy) is 4. The number of fused-ring (bicyclic) bond motifs is 1. The number of hydrogen-bond acceptors (Lipinski definition) is 5. The van der Waals surface area contributed by atoms with Crippen LogP contribution >= 0.6 is 0 Å². The van der Waals surface area contributed by atoms with Crippen LogP contribution in [-0.2, 0) is 16.0 Å². The van der Waals surface area contributed by atoms with E-state index >= 15 is 0 Å². The van der Waals surface area contributed by atoms with Crippen LogP contribution in [0.15, 0.2) is 18.2 Å². The highest BCUT2D eigenvalue weighted by atomic mass is 16.7. The molecule has 0 amide bonds. The summed E-state index contributed by atoms with van der Waals surface area (Å²) in [6.07, 6.45) is 0.136. The number of hydrogen-bond donors (Lipinski definition) is 0. The van der Waals surface area contributed by atoms with Crippen molar-refractivity contribution < 1.29 is 18.9 Å². The number of benzene rings is 1. The molecule has 0 radical (unpaired) electrons. The minimum absolute atomic E-state index is 0.136. The molecule has 0 unspecified atom stereocenters. The molecule has 3 rings (SSSR count). The fourth-order valence-electron chi connectivity index (χ4n) is 2.48. The lowest BCUT2D eigenvalue weighted by Crippen LogP contribution is -2.33. The monoisotopic (exact) mass is 265 g/mol. The largest absolute Gasteiger partial charge is 0.454 e. The van der Waals surface area contributed by atoms with Crippen molar-refractivity contribution in [3.8, 4) is 11.5 Å². The third kappa shape index (κ3) is 2.83. The average Bonchev–Trinajstić information content (AvgIpc) is 2.80. The van der Waals surface area contributed by atoms with Gasteiger partial charge in [0.05, 0.1) is 19.3 Å². The molecule has 1 atom stereocenters. The van der Waals surface area contributed by atoms with E-state index in [1.54, 1.807) is 7.11 Å². The zero-order valence-corrected chi connectivity index (χ0v) is 11.1. The van der Waals surface area contributed by atoms with E-state index < -0.39 is 0 Å². The predicted octanol–water partition coefficient (Wildman–Crippen LogP) is 1.26. The number of methoxy groups -OCH3 is 1. The quantitative estimate of drug-likeness (QED) is 0.823. The molecule has 0 aromatic heterocycles. The first kappa shape index (κ1) is 12.7. The summed E-state index contributed by atoms with van der Waals surface area (Å²) in [5.74, 6) is 1.72. The van der Waals surface area contributed by atoms with Crippen molar-refractivity contribution in [1.29, 1.82) is 0 Å². The van der Waals surface area contributed by atoms with Crippen LogP contribution in [0.2, 0.25) is 0 Å². The van der Waals surface area contributed by atoms with Gasteiger partial charge in [-0.1, -0.05) is 12.1 Å². The van der Waals surface area contributed by atoms with E-state index in [4.69, 9.17) is 18.9 Å². The van der Waals surface area contributed by atoms with Gasteiger partial charge in [0.1, 0.15) is 0 Å². The van der Waals surface area contributed by atoms with Crippen molar-refractivity contribution >= 4 is 0 Å². The summed E-state index contributed by atoms with van der Waals surface area (Å²) in [6.45, 7) is 4.34. The van der Waals surface area contributed by atoms with Gasteiger partial charge in [-0.25, -0.2) is 0 Å². The smallest absolute Gasteiger partial charge is 0.231 e. The van der Waals surface area contributed by atoms with E-state index in [1.807, 2.05) is 12.1 Å². The van der Waals surface area contributed by atoms with Crippen LogP contribution in [0.25, 0.3) is 0 Å². The molecule has 0 aliphatic carbocycles. The van der Waals surface area contributed by atoms with Crippen molar-refractivity contribution in [2.45, 2.75) is 12.6 Å². The van der Waals surface area contributed by atoms with Crippen LogP contribution in [0.3, 0.4) is 0 Å². The van der Waals surface area contributed by atoms with Crippen LogP contribution in [0, 0.1) is 0 Å². The van der Waals surface area contributed by atoms with Crippen molar-refractivity contribution in [3.63, 3.8) is 0 Å². The fourth-order valence-corrected chi connectivity index (χ4v) is 2.48. The van der Waals surface area contributed by atoms with Gasteiger partial charge >= 0.3 is 0 Å². The molecule has 1 fully saturated rings. The summed E-state index contributed by atoms with van der Waals surface area (Å²) in [5.41, 5.74) is 1.16. The fraction of sp³-hybridized carbons (Fsp3) is 0.571. The van der Waals surface area contributed by atoms with Gasteiger partial charge < -0.3 is 18.9 Å². The van der Waals surface area contributed by atoms with E-state index in [0.717, 1.165) is 43.3 Å². The lowest BCUT2D eigenvalue weighted by Gasteiger charge is -2.23. The second-order valence-electron chi connectivity index (χ2n) is 4.82. The Bertz CT molecular complexity index is 437. The predicted molar refractivity (Wildman–Crippen MR) is 69.5 cm³/mol. The molecule has 1 saturated heterocycles. The van der Waals surface area contributed by atoms with Crippen molar-refractivity contribution in [2.24, 2.45) is 0 Å². The van der Waals surface area contributed by atoms with E-state index in [0.29, 0.717) is 13.4 Å². The van der Waals surface area contributed by atoms with Gasteiger partial charge in [-0.15, -0.1) is 0 Å². The molecular weight excluding hydrogens is 246 g/mol. The highest BCUT2D eigenvalue weighted by molar-refractivity contribution is 5.48. The third-order valence-corrected chi connectivity index (χ3v) is 3.52. The first-order valence-electron chi connectivity index (χ1n) is 6.57. The molecule has 2 aliphatic heterocycles. The number of para-hydroxylation sites is 1. The van der Waals surface area contributed by atoms with Gasteiger partial charge in [-0.05, 0) is 6.07 Å². The minimum atomic E-state index is 0.136. The van der Waals surface area contributed by atoms with Crippen LogP contribution < -0.4 is 9.47 Å².